The second-order valence-corrected chi connectivity index (χ2v) is 8.86. The van der Waals surface area contributed by atoms with Gasteiger partial charge in [-0.2, -0.15) is 0 Å². The van der Waals surface area contributed by atoms with Crippen LogP contribution in [0.3, 0.4) is 0 Å². The molecule has 0 saturated heterocycles. The number of benzene rings is 2. The predicted octanol–water partition coefficient (Wildman–Crippen LogP) is 6.00. The normalized spacial score (nSPS) is 12.9. The highest BCUT2D eigenvalue weighted by atomic mass is 31.2. The lowest BCUT2D eigenvalue weighted by Crippen LogP contribution is -2.29. The fourth-order valence-corrected chi connectivity index (χ4v) is 4.55. The van der Waals surface area contributed by atoms with Crippen molar-refractivity contribution in [1.29, 1.82) is 0 Å². The maximum atomic E-state index is 12.9. The first-order chi connectivity index (χ1) is 14.4. The molecule has 1 atom stereocenters. The molecule has 0 aromatic heterocycles. The van der Waals surface area contributed by atoms with Gasteiger partial charge in [0.1, 0.15) is 0 Å². The molecule has 0 aliphatic rings. The molecule has 0 fully saturated rings. The summed E-state index contributed by atoms with van der Waals surface area (Å²) in [6.07, 6.45) is 2.18. The van der Waals surface area contributed by atoms with Gasteiger partial charge in [-0.05, 0) is 61.1 Å². The number of carbonyl (C=O) groups is 1. The summed E-state index contributed by atoms with van der Waals surface area (Å²) < 4.78 is 28.6. The Balaban J connectivity index is 2.32. The first-order valence-corrected chi connectivity index (χ1v) is 12.0. The number of alkyl carbamates (subject to hydrolysis) is 1. The van der Waals surface area contributed by atoms with Crippen LogP contribution in [0.4, 0.5) is 4.79 Å². The third kappa shape index (κ3) is 6.98. The zero-order valence-corrected chi connectivity index (χ0v) is 19.1. The van der Waals surface area contributed by atoms with Crippen molar-refractivity contribution in [2.75, 3.05) is 26.4 Å². The Labute approximate surface area is 179 Å². The Hall–Kier alpha value is -2.14. The Morgan fingerprint density at radius 2 is 1.77 bits per heavy atom. The van der Waals surface area contributed by atoms with Crippen LogP contribution in [0.5, 0.6) is 0 Å². The first kappa shape index (κ1) is 24.1. The second-order valence-electron chi connectivity index (χ2n) is 6.96. The molecule has 6 nitrogen and oxygen atoms in total. The van der Waals surface area contributed by atoms with Gasteiger partial charge in [-0.3, -0.25) is 4.57 Å². The summed E-state index contributed by atoms with van der Waals surface area (Å²) in [6, 6.07) is 12.2. The highest BCUT2D eigenvalue weighted by molar-refractivity contribution is 7.57. The average molecular weight is 433 g/mol. The quantitative estimate of drug-likeness (QED) is 0.440. The highest BCUT2D eigenvalue weighted by Gasteiger charge is 2.20. The van der Waals surface area contributed by atoms with Gasteiger partial charge < -0.3 is 19.1 Å². The molecule has 2 rings (SSSR count). The minimum Gasteiger partial charge on any atom is -0.450 e. The van der Waals surface area contributed by atoms with Crippen molar-refractivity contribution in [3.8, 4) is 0 Å². The molecule has 0 aliphatic heterocycles. The number of ether oxygens (including phenoxy) is 1. The SMILES string of the molecule is CCOC(=O)NCC(C)Cc1ccc2ccccc2c1C=CP(=O)(OCC)OCC. The largest absolute Gasteiger partial charge is 0.450 e. The standard InChI is InChI=1S/C23H32NO5P/c1-5-27-23(25)24-17-18(4)16-20-13-12-19-10-8-9-11-21(19)22(20)14-15-30(26,28-6-2)29-7-3/h8-15,18H,5-7,16-17H2,1-4H3,(H,24,25). The lowest BCUT2D eigenvalue weighted by Gasteiger charge is -2.17. The summed E-state index contributed by atoms with van der Waals surface area (Å²) in [5.41, 5.74) is 2.08. The Morgan fingerprint density at radius 3 is 2.43 bits per heavy atom. The van der Waals surface area contributed by atoms with Crippen LogP contribution >= 0.6 is 7.60 Å². The molecule has 2 aromatic carbocycles. The zero-order valence-electron chi connectivity index (χ0n) is 18.2. The summed E-state index contributed by atoms with van der Waals surface area (Å²) in [6.45, 7) is 8.90. The van der Waals surface area contributed by atoms with Gasteiger partial charge in [0.05, 0.1) is 19.8 Å². The molecule has 0 spiro atoms. The Bertz CT molecular complexity index is 902. The third-order valence-electron chi connectivity index (χ3n) is 4.54. The van der Waals surface area contributed by atoms with E-state index in [9.17, 15) is 9.36 Å². The predicted molar refractivity (Wildman–Crippen MR) is 122 cm³/mol. The van der Waals surface area contributed by atoms with Crippen LogP contribution in [0, 0.1) is 5.92 Å². The highest BCUT2D eigenvalue weighted by Crippen LogP contribution is 2.50. The van der Waals surface area contributed by atoms with Gasteiger partial charge >= 0.3 is 13.7 Å². The fourth-order valence-electron chi connectivity index (χ4n) is 3.25. The summed E-state index contributed by atoms with van der Waals surface area (Å²) >= 11 is 0. The number of hydrogen-bond donors (Lipinski definition) is 1. The molecule has 0 aliphatic carbocycles. The fraction of sp³-hybridized carbons (Fsp3) is 0.435. The van der Waals surface area contributed by atoms with Crippen LogP contribution in [-0.2, 0) is 24.8 Å². The molecule has 0 heterocycles. The third-order valence-corrected chi connectivity index (χ3v) is 6.29. The van der Waals surface area contributed by atoms with E-state index >= 15 is 0 Å². The van der Waals surface area contributed by atoms with E-state index in [1.54, 1.807) is 26.6 Å². The molecule has 30 heavy (non-hydrogen) atoms. The molecule has 164 valence electrons. The van der Waals surface area contributed by atoms with E-state index in [4.69, 9.17) is 13.8 Å². The van der Waals surface area contributed by atoms with Crippen LogP contribution in [0.15, 0.2) is 42.2 Å². The van der Waals surface area contributed by atoms with Gasteiger partial charge in [-0.25, -0.2) is 4.79 Å². The minimum atomic E-state index is -3.30. The van der Waals surface area contributed by atoms with E-state index in [-0.39, 0.29) is 5.92 Å². The van der Waals surface area contributed by atoms with E-state index in [2.05, 4.69) is 24.4 Å². The number of carbonyl (C=O) groups excluding carboxylic acids is 1. The van der Waals surface area contributed by atoms with Crippen LogP contribution in [-0.4, -0.2) is 32.5 Å². The van der Waals surface area contributed by atoms with Crippen molar-refractivity contribution in [3.05, 3.63) is 53.3 Å². The van der Waals surface area contributed by atoms with Crippen molar-refractivity contribution in [2.45, 2.75) is 34.1 Å². The molecular formula is C23H32NO5P. The van der Waals surface area contributed by atoms with Crippen molar-refractivity contribution in [1.82, 2.24) is 5.32 Å². The number of hydrogen-bond acceptors (Lipinski definition) is 5. The average Bonchev–Trinajstić information content (AvgIpc) is 2.72. The van der Waals surface area contributed by atoms with Gasteiger partial charge in [-0.1, -0.05) is 43.3 Å². The Kier molecular flexibility index (Phi) is 9.57. The van der Waals surface area contributed by atoms with Gasteiger partial charge in [0.2, 0.25) is 0 Å². The molecule has 1 N–H and O–H groups in total. The van der Waals surface area contributed by atoms with Gasteiger partial charge in [0.15, 0.2) is 0 Å². The summed E-state index contributed by atoms with van der Waals surface area (Å²) in [5.74, 6) is 1.74. The molecule has 0 saturated carbocycles. The summed E-state index contributed by atoms with van der Waals surface area (Å²) in [5, 5.41) is 4.95. The lowest BCUT2D eigenvalue weighted by molar-refractivity contribution is 0.150. The molecule has 7 heteroatoms. The molecule has 2 aromatic rings. The summed E-state index contributed by atoms with van der Waals surface area (Å²) in [4.78, 5) is 11.6. The monoisotopic (exact) mass is 433 g/mol. The van der Waals surface area contributed by atoms with E-state index in [1.807, 2.05) is 30.3 Å². The number of fused-ring (bicyclic) bond motifs is 1. The molecular weight excluding hydrogens is 401 g/mol. The van der Waals surface area contributed by atoms with Crippen LogP contribution in [0.2, 0.25) is 0 Å². The van der Waals surface area contributed by atoms with E-state index in [0.29, 0.717) is 26.4 Å². The first-order valence-electron chi connectivity index (χ1n) is 10.4. The van der Waals surface area contributed by atoms with Crippen molar-refractivity contribution in [3.63, 3.8) is 0 Å². The van der Waals surface area contributed by atoms with Crippen LogP contribution < -0.4 is 5.32 Å². The Morgan fingerprint density at radius 1 is 1.07 bits per heavy atom. The smallest absolute Gasteiger partial charge is 0.407 e. The molecule has 0 bridgehead atoms. The van der Waals surface area contributed by atoms with E-state index in [0.717, 1.165) is 28.3 Å². The van der Waals surface area contributed by atoms with Crippen LogP contribution in [0.1, 0.15) is 38.8 Å². The van der Waals surface area contributed by atoms with E-state index < -0.39 is 13.7 Å². The number of amides is 1. The molecule has 1 amide bonds. The van der Waals surface area contributed by atoms with Gasteiger partial charge in [-0.15, -0.1) is 0 Å². The van der Waals surface area contributed by atoms with Gasteiger partial charge in [0.25, 0.3) is 0 Å². The van der Waals surface area contributed by atoms with Gasteiger partial charge in [0, 0.05) is 12.4 Å². The maximum absolute atomic E-state index is 12.9. The minimum absolute atomic E-state index is 0.188. The maximum Gasteiger partial charge on any atom is 0.407 e. The second kappa shape index (κ2) is 11.9. The number of rotatable bonds is 11. The van der Waals surface area contributed by atoms with E-state index in [1.165, 1.54) is 0 Å². The van der Waals surface area contributed by atoms with Crippen LogP contribution in [0.25, 0.3) is 16.8 Å². The van der Waals surface area contributed by atoms with Crippen molar-refractivity contribution in [2.24, 2.45) is 5.92 Å². The topological polar surface area (TPSA) is 73.9 Å². The summed E-state index contributed by atoms with van der Waals surface area (Å²) in [7, 11) is -3.30. The number of nitrogens with one attached hydrogen (secondary N) is 1. The zero-order chi connectivity index (χ0) is 22.0. The lowest BCUT2D eigenvalue weighted by atomic mass is 9.92. The van der Waals surface area contributed by atoms with Crippen molar-refractivity contribution < 1.29 is 23.1 Å². The molecule has 0 radical (unpaired) electrons. The molecule has 1 unspecified atom stereocenters. The van der Waals surface area contributed by atoms with Crippen molar-refractivity contribution >= 4 is 30.5 Å².